The van der Waals surface area contributed by atoms with Crippen molar-refractivity contribution < 1.29 is 4.74 Å². The van der Waals surface area contributed by atoms with Crippen LogP contribution in [-0.4, -0.2) is 16.6 Å². The summed E-state index contributed by atoms with van der Waals surface area (Å²) in [5.74, 6) is 0.936. The molecule has 0 spiro atoms. The van der Waals surface area contributed by atoms with Crippen LogP contribution in [0.3, 0.4) is 0 Å². The Hall–Kier alpha value is -1.54. The normalized spacial score (nSPS) is 10.6. The van der Waals surface area contributed by atoms with Crippen molar-refractivity contribution in [2.45, 2.75) is 26.4 Å². The Morgan fingerprint density at radius 3 is 1.94 bits per heavy atom. The molecule has 0 fully saturated rings. The topological polar surface area (TPSA) is 9.23 Å². The maximum Gasteiger partial charge on any atom is 0.127 e. The van der Waals surface area contributed by atoms with Crippen LogP contribution in [0.25, 0.3) is 11.1 Å². The summed E-state index contributed by atoms with van der Waals surface area (Å²) >= 11 is 0. The first kappa shape index (κ1) is 14.5. The molecule has 0 aliphatic rings. The van der Waals surface area contributed by atoms with E-state index in [9.17, 15) is 0 Å². The van der Waals surface area contributed by atoms with E-state index in [1.807, 2.05) is 36.4 Å². The average Bonchev–Trinajstić information content (AvgIpc) is 2.29. The Morgan fingerprint density at radius 1 is 0.778 bits per heavy atom. The lowest BCUT2D eigenvalue weighted by Gasteiger charge is -2.23. The third-order valence-electron chi connectivity index (χ3n) is 2.39. The van der Waals surface area contributed by atoms with Crippen molar-refractivity contribution in [1.29, 1.82) is 0 Å². The van der Waals surface area contributed by atoms with E-state index in [-0.39, 0.29) is 16.6 Å². The fourth-order valence-corrected chi connectivity index (χ4v) is 1.74. The lowest BCUT2D eigenvalue weighted by atomic mass is 10.0. The van der Waals surface area contributed by atoms with Gasteiger partial charge in [0.05, 0.1) is 0 Å². The van der Waals surface area contributed by atoms with Crippen LogP contribution in [0.1, 0.15) is 20.8 Å². The van der Waals surface area contributed by atoms with E-state index in [0.29, 0.717) is 0 Å². The molecule has 2 heteroatoms. The van der Waals surface area contributed by atoms with Gasteiger partial charge in [0.2, 0.25) is 0 Å². The number of rotatable bonds is 2. The summed E-state index contributed by atoms with van der Waals surface area (Å²) < 4.78 is 5.99. The van der Waals surface area contributed by atoms with Crippen molar-refractivity contribution >= 4 is 11.0 Å². The van der Waals surface area contributed by atoms with Gasteiger partial charge in [-0.1, -0.05) is 48.5 Å². The van der Waals surface area contributed by atoms with Gasteiger partial charge < -0.3 is 4.74 Å². The highest BCUT2D eigenvalue weighted by Crippen LogP contribution is 2.31. The lowest BCUT2D eigenvalue weighted by molar-refractivity contribution is 0.132. The maximum atomic E-state index is 5.99. The Kier molecular flexibility index (Phi) is 4.74. The van der Waals surface area contributed by atoms with E-state index in [1.165, 1.54) is 5.56 Å². The van der Waals surface area contributed by atoms with Gasteiger partial charge in [0.1, 0.15) is 11.4 Å². The zero-order valence-electron chi connectivity index (χ0n) is 10.6. The van der Waals surface area contributed by atoms with Gasteiger partial charge in [-0.2, -0.15) is 0 Å². The SMILES string of the molecule is CC(C)(C)Oc1ccccc1-c1ccccc1.[SiH4]. The van der Waals surface area contributed by atoms with Crippen molar-refractivity contribution in [3.8, 4) is 16.9 Å². The molecule has 0 atom stereocenters. The standard InChI is InChI=1S/C16H18O.H4Si/c1-16(2,3)17-15-12-8-7-11-14(15)13-9-5-4-6-10-13;/h4-12H,1-3H3;1H4. The van der Waals surface area contributed by atoms with E-state index in [2.05, 4.69) is 39.0 Å². The summed E-state index contributed by atoms with van der Waals surface area (Å²) in [5, 5.41) is 0. The average molecular weight is 258 g/mol. The Balaban J connectivity index is 0.00000162. The van der Waals surface area contributed by atoms with Crippen molar-refractivity contribution in [2.24, 2.45) is 0 Å². The molecule has 1 nitrogen and oxygen atoms in total. The Labute approximate surface area is 114 Å². The second-order valence-corrected chi connectivity index (χ2v) is 5.08. The first-order valence-corrected chi connectivity index (χ1v) is 5.90. The molecule has 0 heterocycles. The fraction of sp³-hybridized carbons (Fsp3) is 0.250. The lowest BCUT2D eigenvalue weighted by Crippen LogP contribution is -2.23. The van der Waals surface area contributed by atoms with Crippen LogP contribution in [0.4, 0.5) is 0 Å². The van der Waals surface area contributed by atoms with Crippen LogP contribution in [-0.2, 0) is 0 Å². The van der Waals surface area contributed by atoms with Crippen LogP contribution in [0, 0.1) is 0 Å². The molecule has 0 unspecified atom stereocenters. The molecule has 2 aromatic carbocycles. The summed E-state index contributed by atoms with van der Waals surface area (Å²) in [6.07, 6.45) is 0. The van der Waals surface area contributed by atoms with Crippen molar-refractivity contribution in [3.05, 3.63) is 54.6 Å². The van der Waals surface area contributed by atoms with Crippen LogP contribution >= 0.6 is 0 Å². The van der Waals surface area contributed by atoms with Gasteiger partial charge in [-0.25, -0.2) is 0 Å². The summed E-state index contributed by atoms with van der Waals surface area (Å²) in [5.41, 5.74) is 2.15. The summed E-state index contributed by atoms with van der Waals surface area (Å²) in [4.78, 5) is 0. The quantitative estimate of drug-likeness (QED) is 0.752. The highest BCUT2D eigenvalue weighted by atomic mass is 28.1. The number of hydrogen-bond donors (Lipinski definition) is 0. The van der Waals surface area contributed by atoms with Crippen molar-refractivity contribution in [1.82, 2.24) is 0 Å². The highest BCUT2D eigenvalue weighted by molar-refractivity contribution is 5.75. The second kappa shape index (κ2) is 5.87. The van der Waals surface area contributed by atoms with Crippen LogP contribution in [0.15, 0.2) is 54.6 Å². The third-order valence-corrected chi connectivity index (χ3v) is 2.39. The number of para-hydroxylation sites is 1. The van der Waals surface area contributed by atoms with Gasteiger partial charge in [0.15, 0.2) is 0 Å². The molecule has 96 valence electrons. The van der Waals surface area contributed by atoms with Gasteiger partial charge >= 0.3 is 0 Å². The molecular weight excluding hydrogens is 236 g/mol. The molecule has 0 aromatic heterocycles. The largest absolute Gasteiger partial charge is 0.488 e. The summed E-state index contributed by atoms with van der Waals surface area (Å²) in [7, 11) is 0. The first-order valence-electron chi connectivity index (χ1n) is 5.90. The Bertz CT molecular complexity index is 486. The Morgan fingerprint density at radius 2 is 1.33 bits per heavy atom. The van der Waals surface area contributed by atoms with E-state index < -0.39 is 0 Å². The molecule has 0 N–H and O–H groups in total. The van der Waals surface area contributed by atoms with Gasteiger partial charge in [0, 0.05) is 5.56 Å². The summed E-state index contributed by atoms with van der Waals surface area (Å²) in [6, 6.07) is 18.5. The van der Waals surface area contributed by atoms with Gasteiger partial charge in [-0.05, 0) is 43.4 Å². The van der Waals surface area contributed by atoms with Gasteiger partial charge in [0.25, 0.3) is 0 Å². The highest BCUT2D eigenvalue weighted by Gasteiger charge is 2.14. The second-order valence-electron chi connectivity index (χ2n) is 5.08. The smallest absolute Gasteiger partial charge is 0.127 e. The zero-order chi connectivity index (χ0) is 12.3. The zero-order valence-corrected chi connectivity index (χ0v) is 10.6. The van der Waals surface area contributed by atoms with Crippen LogP contribution in [0.5, 0.6) is 5.75 Å². The fourth-order valence-electron chi connectivity index (χ4n) is 1.74. The molecule has 0 saturated carbocycles. The molecule has 2 aromatic rings. The van der Waals surface area contributed by atoms with E-state index in [4.69, 9.17) is 4.74 Å². The monoisotopic (exact) mass is 258 g/mol. The minimum Gasteiger partial charge on any atom is -0.488 e. The summed E-state index contributed by atoms with van der Waals surface area (Å²) in [6.45, 7) is 6.19. The molecule has 0 aliphatic carbocycles. The molecule has 0 saturated heterocycles. The molecule has 18 heavy (non-hydrogen) atoms. The van der Waals surface area contributed by atoms with E-state index >= 15 is 0 Å². The van der Waals surface area contributed by atoms with Gasteiger partial charge in [-0.15, -0.1) is 0 Å². The van der Waals surface area contributed by atoms with Crippen LogP contribution < -0.4 is 4.74 Å². The molecule has 2 rings (SSSR count). The van der Waals surface area contributed by atoms with Crippen molar-refractivity contribution in [2.75, 3.05) is 0 Å². The predicted octanol–water partition coefficient (Wildman–Crippen LogP) is 3.08. The molecule has 0 amide bonds. The minimum absolute atomic E-state index is 0. The molecule has 0 aliphatic heterocycles. The maximum absolute atomic E-state index is 5.99. The van der Waals surface area contributed by atoms with Crippen molar-refractivity contribution in [3.63, 3.8) is 0 Å². The number of benzene rings is 2. The number of ether oxygens (including phenoxy) is 1. The minimum atomic E-state index is -0.176. The molecule has 0 bridgehead atoms. The van der Waals surface area contributed by atoms with E-state index in [1.54, 1.807) is 0 Å². The first-order chi connectivity index (χ1) is 8.06. The predicted molar refractivity (Wildman–Crippen MR) is 83.6 cm³/mol. The molecular formula is C16H22OSi. The van der Waals surface area contributed by atoms with E-state index in [0.717, 1.165) is 11.3 Å². The van der Waals surface area contributed by atoms with Gasteiger partial charge in [-0.3, -0.25) is 0 Å². The van der Waals surface area contributed by atoms with Crippen LogP contribution in [0.2, 0.25) is 0 Å². The third kappa shape index (κ3) is 3.74. The number of hydrogen-bond acceptors (Lipinski definition) is 1. The molecule has 0 radical (unpaired) electrons.